The van der Waals surface area contributed by atoms with Crippen LogP contribution < -0.4 is 10.2 Å². The third-order valence-electron chi connectivity index (χ3n) is 5.74. The van der Waals surface area contributed by atoms with Crippen LogP contribution in [0.2, 0.25) is 0 Å². The smallest absolute Gasteiger partial charge is 0.251 e. The molecule has 1 aliphatic rings. The van der Waals surface area contributed by atoms with E-state index >= 15 is 0 Å². The minimum absolute atomic E-state index is 0.0135. The first-order valence-electron chi connectivity index (χ1n) is 10.4. The third-order valence-corrected chi connectivity index (χ3v) is 5.74. The fourth-order valence-electron chi connectivity index (χ4n) is 3.87. The van der Waals surface area contributed by atoms with Crippen LogP contribution >= 0.6 is 0 Å². The predicted molar refractivity (Wildman–Crippen MR) is 115 cm³/mol. The Balaban J connectivity index is 1.26. The van der Waals surface area contributed by atoms with E-state index in [-0.39, 0.29) is 11.8 Å². The Morgan fingerprint density at radius 1 is 1.10 bits per heavy atom. The number of amides is 1. The first-order valence-corrected chi connectivity index (χ1v) is 10.4. The molecule has 30 heavy (non-hydrogen) atoms. The highest BCUT2D eigenvalue weighted by molar-refractivity contribution is 5.94. The molecule has 1 amide bonds. The monoisotopic (exact) mass is 405 g/mol. The zero-order chi connectivity index (χ0) is 20.9. The SMILES string of the molecule is CN(C)c1ccc(C(=O)NCC2CCC(c3nnc(-c4cccnc4)o3)CC2)cc1. The van der Waals surface area contributed by atoms with E-state index in [1.54, 1.807) is 12.4 Å². The molecule has 0 atom stereocenters. The summed E-state index contributed by atoms with van der Waals surface area (Å²) in [6.45, 7) is 0.700. The molecule has 1 N–H and O–H groups in total. The number of nitrogens with one attached hydrogen (secondary N) is 1. The van der Waals surface area contributed by atoms with Gasteiger partial charge in [0.25, 0.3) is 5.91 Å². The van der Waals surface area contributed by atoms with Crippen molar-refractivity contribution in [2.75, 3.05) is 25.5 Å². The molecule has 7 heteroatoms. The van der Waals surface area contributed by atoms with Crippen molar-refractivity contribution in [1.29, 1.82) is 0 Å². The lowest BCUT2D eigenvalue weighted by Gasteiger charge is -2.26. The molecule has 3 aromatic rings. The summed E-state index contributed by atoms with van der Waals surface area (Å²) in [5.74, 6) is 1.98. The molecule has 0 spiro atoms. The number of carbonyl (C=O) groups is 1. The molecule has 2 heterocycles. The number of rotatable bonds is 6. The van der Waals surface area contributed by atoms with Gasteiger partial charge in [-0.15, -0.1) is 10.2 Å². The van der Waals surface area contributed by atoms with Crippen molar-refractivity contribution in [2.24, 2.45) is 5.92 Å². The molecule has 0 bridgehead atoms. The van der Waals surface area contributed by atoms with Crippen molar-refractivity contribution < 1.29 is 9.21 Å². The molecule has 1 fully saturated rings. The molecule has 4 rings (SSSR count). The van der Waals surface area contributed by atoms with E-state index in [0.717, 1.165) is 36.9 Å². The van der Waals surface area contributed by atoms with Crippen LogP contribution in [0.4, 0.5) is 5.69 Å². The minimum atomic E-state index is -0.0135. The van der Waals surface area contributed by atoms with E-state index in [4.69, 9.17) is 4.42 Å². The maximum atomic E-state index is 12.4. The van der Waals surface area contributed by atoms with Crippen LogP contribution in [-0.2, 0) is 0 Å². The first kappa shape index (κ1) is 20.1. The third kappa shape index (κ3) is 4.67. The average molecular weight is 406 g/mol. The summed E-state index contributed by atoms with van der Waals surface area (Å²) in [6.07, 6.45) is 7.51. The topological polar surface area (TPSA) is 84.2 Å². The molecule has 0 radical (unpaired) electrons. The number of hydrogen-bond acceptors (Lipinski definition) is 6. The number of anilines is 1. The Morgan fingerprint density at radius 3 is 2.53 bits per heavy atom. The van der Waals surface area contributed by atoms with Crippen molar-refractivity contribution in [3.63, 3.8) is 0 Å². The maximum Gasteiger partial charge on any atom is 0.251 e. The molecule has 1 aromatic carbocycles. The number of carbonyl (C=O) groups excluding carboxylic acids is 1. The van der Waals surface area contributed by atoms with Crippen LogP contribution in [0.1, 0.15) is 47.8 Å². The van der Waals surface area contributed by atoms with E-state index < -0.39 is 0 Å². The highest BCUT2D eigenvalue weighted by Crippen LogP contribution is 2.35. The maximum absolute atomic E-state index is 12.4. The van der Waals surface area contributed by atoms with Crippen molar-refractivity contribution in [3.8, 4) is 11.5 Å². The van der Waals surface area contributed by atoms with Crippen LogP contribution in [-0.4, -0.2) is 41.7 Å². The van der Waals surface area contributed by atoms with Gasteiger partial charge in [0.05, 0.1) is 5.56 Å². The Bertz CT molecular complexity index is 961. The Hall–Kier alpha value is -3.22. The largest absolute Gasteiger partial charge is 0.420 e. The molecular formula is C23H27N5O2. The number of pyridine rings is 1. The highest BCUT2D eigenvalue weighted by atomic mass is 16.4. The lowest BCUT2D eigenvalue weighted by Crippen LogP contribution is -2.31. The fourth-order valence-corrected chi connectivity index (χ4v) is 3.87. The van der Waals surface area contributed by atoms with E-state index in [1.165, 1.54) is 0 Å². The molecule has 0 unspecified atom stereocenters. The number of aromatic nitrogens is 3. The van der Waals surface area contributed by atoms with Gasteiger partial charge in [0.1, 0.15) is 0 Å². The second kappa shape index (κ2) is 9.07. The summed E-state index contributed by atoms with van der Waals surface area (Å²) in [7, 11) is 3.97. The van der Waals surface area contributed by atoms with Gasteiger partial charge < -0.3 is 14.6 Å². The summed E-state index contributed by atoms with van der Waals surface area (Å²) in [6, 6.07) is 11.4. The van der Waals surface area contributed by atoms with Gasteiger partial charge in [-0.05, 0) is 68.0 Å². The minimum Gasteiger partial charge on any atom is -0.420 e. The van der Waals surface area contributed by atoms with E-state index in [0.29, 0.717) is 29.8 Å². The summed E-state index contributed by atoms with van der Waals surface area (Å²) in [5, 5.41) is 11.5. The number of hydrogen-bond donors (Lipinski definition) is 1. The Kier molecular flexibility index (Phi) is 6.07. The van der Waals surface area contributed by atoms with Crippen molar-refractivity contribution in [1.82, 2.24) is 20.5 Å². The first-order chi connectivity index (χ1) is 14.6. The summed E-state index contributed by atoms with van der Waals surface area (Å²) in [5.41, 5.74) is 2.62. The van der Waals surface area contributed by atoms with E-state index in [2.05, 4.69) is 20.5 Å². The standard InChI is InChI=1S/C23H27N5O2/c1-28(2)20-11-9-17(10-12-20)21(29)25-14-16-5-7-18(8-6-16)22-26-27-23(30-22)19-4-3-13-24-15-19/h3-4,9-13,15-16,18H,5-8,14H2,1-2H3,(H,25,29). The second-order valence-corrected chi connectivity index (χ2v) is 8.06. The van der Waals surface area contributed by atoms with Gasteiger partial charge in [-0.25, -0.2) is 0 Å². The quantitative estimate of drug-likeness (QED) is 0.670. The van der Waals surface area contributed by atoms with E-state index in [1.807, 2.05) is 55.4 Å². The van der Waals surface area contributed by atoms with Gasteiger partial charge >= 0.3 is 0 Å². The molecule has 0 saturated heterocycles. The normalized spacial score (nSPS) is 18.7. The van der Waals surface area contributed by atoms with Crippen molar-refractivity contribution >= 4 is 11.6 Å². The molecule has 7 nitrogen and oxygen atoms in total. The Labute approximate surface area is 176 Å². The molecule has 1 aliphatic carbocycles. The number of benzene rings is 1. The molecule has 1 saturated carbocycles. The van der Waals surface area contributed by atoms with Gasteiger partial charge in [0, 0.05) is 50.2 Å². The van der Waals surface area contributed by atoms with Gasteiger partial charge in [-0.1, -0.05) is 0 Å². The van der Waals surface area contributed by atoms with Gasteiger partial charge in [-0.2, -0.15) is 0 Å². The van der Waals surface area contributed by atoms with Crippen molar-refractivity contribution in [2.45, 2.75) is 31.6 Å². The molecule has 2 aromatic heterocycles. The summed E-state index contributed by atoms with van der Waals surface area (Å²) in [4.78, 5) is 18.5. The zero-order valence-corrected chi connectivity index (χ0v) is 17.4. The Morgan fingerprint density at radius 2 is 1.87 bits per heavy atom. The lowest BCUT2D eigenvalue weighted by atomic mass is 9.82. The summed E-state index contributed by atoms with van der Waals surface area (Å²) >= 11 is 0. The summed E-state index contributed by atoms with van der Waals surface area (Å²) < 4.78 is 5.89. The average Bonchev–Trinajstić information content (AvgIpc) is 3.29. The molecule has 0 aliphatic heterocycles. The van der Waals surface area contributed by atoms with Gasteiger partial charge in [-0.3, -0.25) is 9.78 Å². The zero-order valence-electron chi connectivity index (χ0n) is 17.4. The van der Waals surface area contributed by atoms with Crippen LogP contribution in [0.3, 0.4) is 0 Å². The lowest BCUT2D eigenvalue weighted by molar-refractivity contribution is 0.0942. The van der Waals surface area contributed by atoms with Crippen LogP contribution in [0.15, 0.2) is 53.2 Å². The van der Waals surface area contributed by atoms with Crippen LogP contribution in [0.25, 0.3) is 11.5 Å². The van der Waals surface area contributed by atoms with Gasteiger partial charge in [0.2, 0.25) is 11.8 Å². The predicted octanol–water partition coefficient (Wildman–Crippen LogP) is 3.90. The van der Waals surface area contributed by atoms with Gasteiger partial charge in [0.15, 0.2) is 0 Å². The molecular weight excluding hydrogens is 378 g/mol. The van der Waals surface area contributed by atoms with Crippen LogP contribution in [0, 0.1) is 5.92 Å². The van der Waals surface area contributed by atoms with Crippen molar-refractivity contribution in [3.05, 3.63) is 60.2 Å². The highest BCUT2D eigenvalue weighted by Gasteiger charge is 2.26. The fraction of sp³-hybridized carbons (Fsp3) is 0.391. The molecule has 156 valence electrons. The number of nitrogens with zero attached hydrogens (tertiary/aromatic N) is 4. The van der Waals surface area contributed by atoms with E-state index in [9.17, 15) is 4.79 Å². The second-order valence-electron chi connectivity index (χ2n) is 8.06. The van der Waals surface area contributed by atoms with Crippen LogP contribution in [0.5, 0.6) is 0 Å².